The highest BCUT2D eigenvalue weighted by molar-refractivity contribution is 5.84. The van der Waals surface area contributed by atoms with Crippen LogP contribution in [0.5, 0.6) is 0 Å². The Kier molecular flexibility index (Phi) is 4.14. The van der Waals surface area contributed by atoms with Gasteiger partial charge in [-0.1, -0.05) is 6.07 Å². The molecule has 1 fully saturated rings. The van der Waals surface area contributed by atoms with Gasteiger partial charge in [0, 0.05) is 49.8 Å². The van der Waals surface area contributed by atoms with E-state index in [1.807, 2.05) is 6.20 Å². The number of aromatic amines is 1. The van der Waals surface area contributed by atoms with Crippen LogP contribution in [0.4, 0.5) is 13.2 Å². The lowest BCUT2D eigenvalue weighted by Gasteiger charge is -2.32. The highest BCUT2D eigenvalue weighted by Crippen LogP contribution is 2.32. The molecule has 0 saturated carbocycles. The fourth-order valence-electron chi connectivity index (χ4n) is 2.92. The van der Waals surface area contributed by atoms with Crippen LogP contribution in [0, 0.1) is 0 Å². The van der Waals surface area contributed by atoms with E-state index < -0.39 is 11.7 Å². The lowest BCUT2D eigenvalue weighted by Crippen LogP contribution is -2.45. The third-order valence-corrected chi connectivity index (χ3v) is 4.39. The molecule has 22 heavy (non-hydrogen) atoms. The summed E-state index contributed by atoms with van der Waals surface area (Å²) < 4.78 is 38.2. The summed E-state index contributed by atoms with van der Waals surface area (Å²) in [4.78, 5) is 7.68. The molecule has 1 aromatic heterocycles. The van der Waals surface area contributed by atoms with Crippen LogP contribution in [0.2, 0.25) is 0 Å². The second kappa shape index (κ2) is 5.93. The highest BCUT2D eigenvalue weighted by Gasteiger charge is 2.30. The molecule has 2 heterocycles. The van der Waals surface area contributed by atoms with Gasteiger partial charge >= 0.3 is 6.18 Å². The Morgan fingerprint density at radius 1 is 1.14 bits per heavy atom. The van der Waals surface area contributed by atoms with Crippen molar-refractivity contribution >= 4 is 10.9 Å². The molecule has 1 aliphatic heterocycles. The van der Waals surface area contributed by atoms with E-state index in [0.717, 1.165) is 56.2 Å². The van der Waals surface area contributed by atoms with Crippen molar-refractivity contribution in [2.75, 3.05) is 39.8 Å². The van der Waals surface area contributed by atoms with E-state index in [1.54, 1.807) is 6.07 Å². The molecule has 0 radical (unpaired) electrons. The second-order valence-electron chi connectivity index (χ2n) is 5.97. The average Bonchev–Trinajstić information content (AvgIpc) is 2.88. The quantitative estimate of drug-likeness (QED) is 0.941. The maximum Gasteiger partial charge on any atom is 0.416 e. The molecule has 2 aromatic rings. The van der Waals surface area contributed by atoms with Gasteiger partial charge in [-0.25, -0.2) is 0 Å². The van der Waals surface area contributed by atoms with E-state index in [2.05, 4.69) is 21.8 Å². The summed E-state index contributed by atoms with van der Waals surface area (Å²) >= 11 is 0. The fourth-order valence-corrected chi connectivity index (χ4v) is 2.92. The van der Waals surface area contributed by atoms with Gasteiger partial charge in [0.25, 0.3) is 0 Å². The molecule has 0 unspecified atom stereocenters. The van der Waals surface area contributed by atoms with Gasteiger partial charge in [-0.05, 0) is 31.2 Å². The van der Waals surface area contributed by atoms with Gasteiger partial charge in [-0.15, -0.1) is 0 Å². The van der Waals surface area contributed by atoms with Crippen LogP contribution in [0.1, 0.15) is 11.1 Å². The van der Waals surface area contributed by atoms with E-state index in [-0.39, 0.29) is 0 Å². The topological polar surface area (TPSA) is 22.3 Å². The smallest absolute Gasteiger partial charge is 0.361 e. The number of rotatable bonds is 3. The first-order valence-corrected chi connectivity index (χ1v) is 7.51. The molecule has 3 rings (SSSR count). The SMILES string of the molecule is CN1CCN(CCc2c[nH]c3cc(C(F)(F)F)ccc23)CC1. The van der Waals surface area contributed by atoms with Crippen molar-refractivity contribution in [1.29, 1.82) is 0 Å². The predicted octanol–water partition coefficient (Wildman–Crippen LogP) is 2.98. The van der Waals surface area contributed by atoms with Gasteiger partial charge in [0.15, 0.2) is 0 Å². The Morgan fingerprint density at radius 3 is 2.55 bits per heavy atom. The fraction of sp³-hybridized carbons (Fsp3) is 0.500. The third-order valence-electron chi connectivity index (χ3n) is 4.39. The van der Waals surface area contributed by atoms with Crippen molar-refractivity contribution in [3.05, 3.63) is 35.5 Å². The summed E-state index contributed by atoms with van der Waals surface area (Å²) in [5.41, 5.74) is 1.04. The maximum absolute atomic E-state index is 12.7. The number of piperazine rings is 1. The van der Waals surface area contributed by atoms with Crippen LogP contribution in [-0.2, 0) is 12.6 Å². The lowest BCUT2D eigenvalue weighted by molar-refractivity contribution is -0.137. The molecule has 0 aliphatic carbocycles. The molecule has 1 N–H and O–H groups in total. The number of aromatic nitrogens is 1. The molecule has 0 spiro atoms. The largest absolute Gasteiger partial charge is 0.416 e. The normalized spacial score (nSPS) is 18.2. The Labute approximate surface area is 127 Å². The van der Waals surface area contributed by atoms with Crippen molar-refractivity contribution in [1.82, 2.24) is 14.8 Å². The Hall–Kier alpha value is -1.53. The summed E-state index contributed by atoms with van der Waals surface area (Å²) in [5.74, 6) is 0. The Bertz CT molecular complexity index is 640. The van der Waals surface area contributed by atoms with E-state index in [0.29, 0.717) is 5.52 Å². The number of nitrogens with zero attached hydrogens (tertiary/aromatic N) is 2. The molecule has 0 bridgehead atoms. The minimum absolute atomic E-state index is 0.559. The number of H-pyrrole nitrogens is 1. The lowest BCUT2D eigenvalue weighted by atomic mass is 10.1. The van der Waals surface area contributed by atoms with Gasteiger partial charge in [-0.2, -0.15) is 13.2 Å². The standard InChI is InChI=1S/C16H20F3N3/c1-21-6-8-22(9-7-21)5-4-12-11-20-15-10-13(16(17,18)19)2-3-14(12)15/h2-3,10-11,20H,4-9H2,1H3. The minimum Gasteiger partial charge on any atom is -0.361 e. The number of hydrogen-bond donors (Lipinski definition) is 1. The van der Waals surface area contributed by atoms with E-state index >= 15 is 0 Å². The van der Waals surface area contributed by atoms with Crippen molar-refractivity contribution < 1.29 is 13.2 Å². The van der Waals surface area contributed by atoms with Crippen LogP contribution in [0.15, 0.2) is 24.4 Å². The van der Waals surface area contributed by atoms with Gasteiger partial charge in [0.1, 0.15) is 0 Å². The molecular weight excluding hydrogens is 291 g/mol. The average molecular weight is 311 g/mol. The summed E-state index contributed by atoms with van der Waals surface area (Å²) in [7, 11) is 2.12. The number of nitrogens with one attached hydrogen (secondary N) is 1. The van der Waals surface area contributed by atoms with Crippen molar-refractivity contribution in [2.24, 2.45) is 0 Å². The van der Waals surface area contributed by atoms with Crippen molar-refractivity contribution in [3.8, 4) is 0 Å². The first kappa shape index (κ1) is 15.4. The van der Waals surface area contributed by atoms with Crippen molar-refractivity contribution in [2.45, 2.75) is 12.6 Å². The number of hydrogen-bond acceptors (Lipinski definition) is 2. The molecular formula is C16H20F3N3. The first-order chi connectivity index (χ1) is 10.4. The van der Waals surface area contributed by atoms with E-state index in [1.165, 1.54) is 6.07 Å². The predicted molar refractivity (Wildman–Crippen MR) is 80.9 cm³/mol. The third kappa shape index (κ3) is 3.28. The zero-order valence-corrected chi connectivity index (χ0v) is 12.6. The summed E-state index contributed by atoms with van der Waals surface area (Å²) in [5, 5.41) is 0.891. The first-order valence-electron chi connectivity index (χ1n) is 7.51. The van der Waals surface area contributed by atoms with Gasteiger partial charge in [0.05, 0.1) is 5.56 Å². The van der Waals surface area contributed by atoms with Crippen molar-refractivity contribution in [3.63, 3.8) is 0 Å². The number of halogens is 3. The molecule has 1 aromatic carbocycles. The molecule has 120 valence electrons. The minimum atomic E-state index is -4.29. The van der Waals surface area contributed by atoms with E-state index in [9.17, 15) is 13.2 Å². The van der Waals surface area contributed by atoms with E-state index in [4.69, 9.17) is 0 Å². The maximum atomic E-state index is 12.7. The highest BCUT2D eigenvalue weighted by atomic mass is 19.4. The number of likely N-dealkylation sites (N-methyl/N-ethyl adjacent to an activating group) is 1. The second-order valence-corrected chi connectivity index (χ2v) is 5.97. The Balaban J connectivity index is 1.70. The Morgan fingerprint density at radius 2 is 1.86 bits per heavy atom. The molecule has 0 atom stereocenters. The van der Waals surface area contributed by atoms with Gasteiger partial charge in [-0.3, -0.25) is 0 Å². The molecule has 3 nitrogen and oxygen atoms in total. The molecule has 1 saturated heterocycles. The van der Waals surface area contributed by atoms with Crippen LogP contribution < -0.4 is 0 Å². The van der Waals surface area contributed by atoms with Gasteiger partial charge < -0.3 is 14.8 Å². The number of benzene rings is 1. The van der Waals surface area contributed by atoms with Crippen LogP contribution >= 0.6 is 0 Å². The van der Waals surface area contributed by atoms with Gasteiger partial charge in [0.2, 0.25) is 0 Å². The summed E-state index contributed by atoms with van der Waals surface area (Å²) in [6, 6.07) is 3.93. The van der Waals surface area contributed by atoms with Crippen LogP contribution in [0.3, 0.4) is 0 Å². The number of alkyl halides is 3. The molecule has 6 heteroatoms. The monoisotopic (exact) mass is 311 g/mol. The zero-order valence-electron chi connectivity index (χ0n) is 12.6. The zero-order chi connectivity index (χ0) is 15.7. The summed E-state index contributed by atoms with van der Waals surface area (Å²) in [6.07, 6.45) is -1.60. The number of fused-ring (bicyclic) bond motifs is 1. The summed E-state index contributed by atoms with van der Waals surface area (Å²) in [6.45, 7) is 5.20. The van der Waals surface area contributed by atoms with Crippen LogP contribution in [-0.4, -0.2) is 54.6 Å². The molecule has 1 aliphatic rings. The molecule has 0 amide bonds. The van der Waals surface area contributed by atoms with Crippen LogP contribution in [0.25, 0.3) is 10.9 Å².